The molecule has 0 saturated heterocycles. The summed E-state index contributed by atoms with van der Waals surface area (Å²) < 4.78 is 0. The molecule has 0 rings (SSSR count). The van der Waals surface area contributed by atoms with Crippen molar-refractivity contribution in [2.75, 3.05) is 0 Å². The van der Waals surface area contributed by atoms with Gasteiger partial charge in [0.15, 0.2) is 0 Å². The summed E-state index contributed by atoms with van der Waals surface area (Å²) in [6.07, 6.45) is 1.67. The molecule has 4 nitrogen and oxygen atoms in total. The summed E-state index contributed by atoms with van der Waals surface area (Å²) in [6, 6.07) is 0. The van der Waals surface area contributed by atoms with E-state index in [9.17, 15) is 9.59 Å². The van der Waals surface area contributed by atoms with Crippen molar-refractivity contribution in [3.63, 3.8) is 0 Å². The summed E-state index contributed by atoms with van der Waals surface area (Å²) in [4.78, 5) is 18.5. The SMILES string of the molecule is C=C(C)C.C=CC(=O)O.C=CC(=O)O. The molecule has 0 aliphatic rings. The van der Waals surface area contributed by atoms with Crippen LogP contribution in [0.4, 0.5) is 0 Å². The number of rotatable bonds is 2. The van der Waals surface area contributed by atoms with Gasteiger partial charge in [0, 0.05) is 12.2 Å². The monoisotopic (exact) mass is 200 g/mol. The molecule has 0 bridgehead atoms. The molecule has 0 unspecified atom stereocenters. The van der Waals surface area contributed by atoms with Crippen LogP contribution in [0.25, 0.3) is 0 Å². The van der Waals surface area contributed by atoms with Crippen LogP contribution in [0, 0.1) is 0 Å². The van der Waals surface area contributed by atoms with Gasteiger partial charge in [-0.15, -0.1) is 6.58 Å². The zero-order valence-electron chi connectivity index (χ0n) is 8.49. The number of carboxylic acids is 2. The average molecular weight is 200 g/mol. The van der Waals surface area contributed by atoms with E-state index in [1.54, 1.807) is 0 Å². The third-order valence-electron chi connectivity index (χ3n) is 0.349. The fourth-order valence-electron chi connectivity index (χ4n) is 0. The van der Waals surface area contributed by atoms with Gasteiger partial charge in [-0.1, -0.05) is 18.7 Å². The second kappa shape index (κ2) is 13.7. The van der Waals surface area contributed by atoms with Crippen molar-refractivity contribution in [3.05, 3.63) is 37.5 Å². The second-order valence-electron chi connectivity index (χ2n) is 2.29. The Bertz CT molecular complexity index is 194. The van der Waals surface area contributed by atoms with Crippen molar-refractivity contribution in [1.29, 1.82) is 0 Å². The van der Waals surface area contributed by atoms with Crippen LogP contribution in [0.2, 0.25) is 0 Å². The maximum atomic E-state index is 9.25. The Balaban J connectivity index is -0.000000131. The van der Waals surface area contributed by atoms with Crippen LogP contribution in [-0.4, -0.2) is 22.2 Å². The van der Waals surface area contributed by atoms with E-state index in [1.807, 2.05) is 13.8 Å². The standard InChI is InChI=1S/C4H8.2C3H4O2/c1-4(2)3;2*1-2-3(4)5/h1H2,2-3H3;2*2H,1H2,(H,4,5). The van der Waals surface area contributed by atoms with Gasteiger partial charge in [-0.2, -0.15) is 0 Å². The fraction of sp³-hybridized carbons (Fsp3) is 0.200. The molecule has 0 spiro atoms. The van der Waals surface area contributed by atoms with Crippen molar-refractivity contribution >= 4 is 11.9 Å². The first-order valence-corrected chi connectivity index (χ1v) is 3.60. The third-order valence-corrected chi connectivity index (χ3v) is 0.349. The maximum Gasteiger partial charge on any atom is 0.327 e. The van der Waals surface area contributed by atoms with Crippen molar-refractivity contribution in [1.82, 2.24) is 0 Å². The Kier molecular flexibility index (Phi) is 17.7. The Morgan fingerprint density at radius 1 is 1.00 bits per heavy atom. The summed E-state index contributed by atoms with van der Waals surface area (Å²) >= 11 is 0. The van der Waals surface area contributed by atoms with Crippen LogP contribution in [-0.2, 0) is 9.59 Å². The highest BCUT2D eigenvalue weighted by molar-refractivity contribution is 5.79. The van der Waals surface area contributed by atoms with Crippen molar-refractivity contribution in [3.8, 4) is 0 Å². The van der Waals surface area contributed by atoms with E-state index in [0.717, 1.165) is 12.2 Å². The van der Waals surface area contributed by atoms with Crippen LogP contribution in [0.5, 0.6) is 0 Å². The van der Waals surface area contributed by atoms with E-state index in [4.69, 9.17) is 10.2 Å². The molecule has 2 N–H and O–H groups in total. The van der Waals surface area contributed by atoms with E-state index >= 15 is 0 Å². The Labute approximate surface area is 83.9 Å². The van der Waals surface area contributed by atoms with Crippen LogP contribution >= 0.6 is 0 Å². The maximum absolute atomic E-state index is 9.25. The predicted octanol–water partition coefficient (Wildman–Crippen LogP) is 2.10. The Hall–Kier alpha value is -1.84. The van der Waals surface area contributed by atoms with Gasteiger partial charge in [0.1, 0.15) is 0 Å². The molecular formula is C10H16O4. The van der Waals surface area contributed by atoms with Crippen LogP contribution in [0.1, 0.15) is 13.8 Å². The Morgan fingerprint density at radius 3 is 1.07 bits per heavy atom. The molecule has 0 aromatic rings. The van der Waals surface area contributed by atoms with Gasteiger partial charge in [-0.3, -0.25) is 0 Å². The lowest BCUT2D eigenvalue weighted by atomic mass is 10.4. The zero-order chi connectivity index (χ0) is 12.1. The molecule has 0 heterocycles. The largest absolute Gasteiger partial charge is 0.478 e. The lowest BCUT2D eigenvalue weighted by molar-refractivity contribution is -0.132. The quantitative estimate of drug-likeness (QED) is 0.528. The summed E-state index contributed by atoms with van der Waals surface area (Å²) in [6.45, 7) is 13.4. The van der Waals surface area contributed by atoms with Gasteiger partial charge in [0.25, 0.3) is 0 Å². The molecule has 0 amide bonds. The number of aliphatic carboxylic acids is 2. The van der Waals surface area contributed by atoms with Crippen LogP contribution in [0.3, 0.4) is 0 Å². The molecule has 0 aromatic carbocycles. The number of hydrogen-bond acceptors (Lipinski definition) is 2. The first-order valence-electron chi connectivity index (χ1n) is 3.60. The number of hydrogen-bond donors (Lipinski definition) is 2. The van der Waals surface area contributed by atoms with E-state index in [-0.39, 0.29) is 0 Å². The van der Waals surface area contributed by atoms with Crippen molar-refractivity contribution < 1.29 is 19.8 Å². The molecule has 0 saturated carbocycles. The zero-order valence-corrected chi connectivity index (χ0v) is 8.49. The molecule has 80 valence electrons. The van der Waals surface area contributed by atoms with Crippen molar-refractivity contribution in [2.45, 2.75) is 13.8 Å². The van der Waals surface area contributed by atoms with E-state index < -0.39 is 11.9 Å². The summed E-state index contributed by atoms with van der Waals surface area (Å²) in [7, 11) is 0. The smallest absolute Gasteiger partial charge is 0.327 e. The number of carboxylic acid groups (broad SMARTS) is 2. The number of carbonyl (C=O) groups is 2. The Morgan fingerprint density at radius 2 is 1.07 bits per heavy atom. The van der Waals surface area contributed by atoms with Gasteiger partial charge < -0.3 is 10.2 Å². The molecule has 4 heteroatoms. The lowest BCUT2D eigenvalue weighted by Crippen LogP contribution is -1.82. The van der Waals surface area contributed by atoms with Gasteiger partial charge >= 0.3 is 11.9 Å². The van der Waals surface area contributed by atoms with Gasteiger partial charge in [-0.05, 0) is 13.8 Å². The molecule has 0 atom stereocenters. The highest BCUT2D eigenvalue weighted by Crippen LogP contribution is 1.73. The highest BCUT2D eigenvalue weighted by atomic mass is 16.4. The predicted molar refractivity (Wildman–Crippen MR) is 56.2 cm³/mol. The van der Waals surface area contributed by atoms with Crippen LogP contribution < -0.4 is 0 Å². The summed E-state index contributed by atoms with van der Waals surface area (Å²) in [5.74, 6) is -1.96. The normalized spacial score (nSPS) is 6.43. The summed E-state index contributed by atoms with van der Waals surface area (Å²) in [5.41, 5.74) is 1.17. The van der Waals surface area contributed by atoms with E-state index in [0.29, 0.717) is 0 Å². The molecule has 0 radical (unpaired) electrons. The van der Waals surface area contributed by atoms with Gasteiger partial charge in [-0.25, -0.2) is 9.59 Å². The number of allylic oxidation sites excluding steroid dienone is 1. The van der Waals surface area contributed by atoms with Gasteiger partial charge in [0.05, 0.1) is 0 Å². The fourth-order valence-corrected chi connectivity index (χ4v) is 0. The summed E-state index contributed by atoms with van der Waals surface area (Å²) in [5, 5.41) is 15.2. The van der Waals surface area contributed by atoms with Gasteiger partial charge in [0.2, 0.25) is 0 Å². The molecular weight excluding hydrogens is 184 g/mol. The molecule has 0 fully saturated rings. The molecule has 0 aromatic heterocycles. The van der Waals surface area contributed by atoms with E-state index in [1.165, 1.54) is 5.57 Å². The third kappa shape index (κ3) is 183. The first kappa shape index (κ1) is 18.0. The minimum Gasteiger partial charge on any atom is -0.478 e. The molecule has 0 aliphatic heterocycles. The minimum absolute atomic E-state index is 0.833. The lowest BCUT2D eigenvalue weighted by Gasteiger charge is -1.65. The van der Waals surface area contributed by atoms with E-state index in [2.05, 4.69) is 19.7 Å². The molecule has 14 heavy (non-hydrogen) atoms. The first-order chi connectivity index (χ1) is 6.27. The average Bonchev–Trinajstić information content (AvgIpc) is 2.04. The van der Waals surface area contributed by atoms with Crippen LogP contribution in [0.15, 0.2) is 37.5 Å². The second-order valence-corrected chi connectivity index (χ2v) is 2.29. The highest BCUT2D eigenvalue weighted by Gasteiger charge is 1.73. The van der Waals surface area contributed by atoms with Crippen molar-refractivity contribution in [2.24, 2.45) is 0 Å². The minimum atomic E-state index is -0.981. The molecule has 0 aliphatic carbocycles. The topological polar surface area (TPSA) is 74.6 Å².